The minimum atomic E-state index is 0.487. The Morgan fingerprint density at radius 3 is 2.52 bits per heavy atom. The van der Waals surface area contributed by atoms with E-state index in [1.807, 2.05) is 23.5 Å². The highest BCUT2D eigenvalue weighted by Gasteiger charge is 2.20. The van der Waals surface area contributed by atoms with Crippen LogP contribution in [0.2, 0.25) is 0 Å². The van der Waals surface area contributed by atoms with E-state index in [2.05, 4.69) is 26.1 Å². The fourth-order valence-electron chi connectivity index (χ4n) is 2.60. The molecule has 118 valence electrons. The van der Waals surface area contributed by atoms with Crippen LogP contribution in [0.5, 0.6) is 0 Å². The number of rotatable bonds is 7. The quantitative estimate of drug-likeness (QED) is 0.776. The Balaban J connectivity index is 1.96. The summed E-state index contributed by atoms with van der Waals surface area (Å²) in [5, 5.41) is 3.95. The maximum atomic E-state index is 4.81. The van der Waals surface area contributed by atoms with E-state index in [0.717, 1.165) is 31.1 Å². The lowest BCUT2D eigenvalue weighted by molar-refractivity contribution is 0.635. The third-order valence-corrected chi connectivity index (χ3v) is 6.50. The Kier molecular flexibility index (Phi) is 7.34. The molecule has 21 heavy (non-hydrogen) atoms. The summed E-state index contributed by atoms with van der Waals surface area (Å²) in [6, 6.07) is 0. The number of aryl methyl sites for hydroxylation is 2. The van der Waals surface area contributed by atoms with Gasteiger partial charge in [-0.15, -0.1) is 11.8 Å². The summed E-state index contributed by atoms with van der Waals surface area (Å²) in [4.78, 5) is 9.61. The van der Waals surface area contributed by atoms with Crippen molar-refractivity contribution in [2.75, 3.05) is 30.3 Å². The zero-order chi connectivity index (χ0) is 15.1. The molecule has 1 unspecified atom stereocenters. The maximum Gasteiger partial charge on any atom is 0.142 e. The summed E-state index contributed by atoms with van der Waals surface area (Å²) in [5.41, 5.74) is 3.72. The Morgan fingerprint density at radius 2 is 1.90 bits per heavy atom. The normalized spacial score (nSPS) is 18.9. The van der Waals surface area contributed by atoms with Gasteiger partial charge in [-0.3, -0.25) is 0 Å². The lowest BCUT2D eigenvalue weighted by Gasteiger charge is -2.21. The van der Waals surface area contributed by atoms with Crippen molar-refractivity contribution in [1.82, 2.24) is 15.3 Å². The zero-order valence-corrected chi connectivity index (χ0v) is 15.1. The monoisotopic (exact) mass is 325 g/mol. The number of hydrogen-bond donors (Lipinski definition) is 1. The van der Waals surface area contributed by atoms with E-state index in [-0.39, 0.29) is 0 Å². The van der Waals surface area contributed by atoms with E-state index in [1.165, 1.54) is 41.3 Å². The molecule has 2 heterocycles. The third kappa shape index (κ3) is 5.15. The smallest absolute Gasteiger partial charge is 0.142 e. The van der Waals surface area contributed by atoms with Crippen LogP contribution >= 0.6 is 23.5 Å². The Labute approximate surface area is 137 Å². The molecule has 1 aliphatic rings. The number of hydrogen-bond acceptors (Lipinski definition) is 5. The summed E-state index contributed by atoms with van der Waals surface area (Å²) < 4.78 is 0. The molecule has 3 nitrogen and oxygen atoms in total. The van der Waals surface area contributed by atoms with Crippen molar-refractivity contribution in [3.8, 4) is 0 Å². The van der Waals surface area contributed by atoms with Crippen LogP contribution < -0.4 is 5.32 Å². The summed E-state index contributed by atoms with van der Waals surface area (Å²) in [6.07, 6.45) is 3.45. The van der Waals surface area contributed by atoms with Crippen molar-refractivity contribution in [2.45, 2.75) is 45.3 Å². The molecule has 0 spiro atoms. The molecule has 1 atom stereocenters. The molecule has 2 rings (SSSR count). The molecular formula is C16H27N3S2. The maximum absolute atomic E-state index is 4.81. The van der Waals surface area contributed by atoms with Crippen LogP contribution in [-0.4, -0.2) is 40.3 Å². The molecule has 0 aromatic carbocycles. The molecule has 0 amide bonds. The molecule has 1 N–H and O–H groups in total. The standard InChI is InChI=1S/C16H27N3S2/c1-4-7-17-8-5-6-14-12(2)18-16(19-13(14)3)15-11-20-9-10-21-15/h15,17H,4-11H2,1-3H3. The van der Waals surface area contributed by atoms with Gasteiger partial charge in [0.1, 0.15) is 5.82 Å². The van der Waals surface area contributed by atoms with Gasteiger partial charge in [0.05, 0.1) is 5.25 Å². The van der Waals surface area contributed by atoms with Crippen LogP contribution in [0, 0.1) is 13.8 Å². The first kappa shape index (κ1) is 17.1. The van der Waals surface area contributed by atoms with Crippen molar-refractivity contribution in [1.29, 1.82) is 0 Å². The molecule has 0 saturated carbocycles. The van der Waals surface area contributed by atoms with Gasteiger partial charge in [0, 0.05) is 28.6 Å². The van der Waals surface area contributed by atoms with E-state index in [4.69, 9.17) is 9.97 Å². The van der Waals surface area contributed by atoms with E-state index in [0.29, 0.717) is 5.25 Å². The molecule has 0 radical (unpaired) electrons. The predicted molar refractivity (Wildman–Crippen MR) is 95.5 cm³/mol. The largest absolute Gasteiger partial charge is 0.317 e. The molecule has 1 aromatic heterocycles. The van der Waals surface area contributed by atoms with Crippen LogP contribution in [0.15, 0.2) is 0 Å². The van der Waals surface area contributed by atoms with Crippen LogP contribution in [0.3, 0.4) is 0 Å². The minimum Gasteiger partial charge on any atom is -0.317 e. The fourth-order valence-corrected chi connectivity index (χ4v) is 5.20. The van der Waals surface area contributed by atoms with Crippen molar-refractivity contribution < 1.29 is 0 Å². The van der Waals surface area contributed by atoms with E-state index < -0.39 is 0 Å². The Morgan fingerprint density at radius 1 is 1.14 bits per heavy atom. The highest BCUT2D eigenvalue weighted by atomic mass is 32.2. The molecule has 1 fully saturated rings. The summed E-state index contributed by atoms with van der Waals surface area (Å²) in [6.45, 7) is 8.70. The zero-order valence-electron chi connectivity index (χ0n) is 13.4. The second kappa shape index (κ2) is 9.01. The summed E-state index contributed by atoms with van der Waals surface area (Å²) in [7, 11) is 0. The van der Waals surface area contributed by atoms with Crippen molar-refractivity contribution in [2.24, 2.45) is 0 Å². The second-order valence-electron chi connectivity index (χ2n) is 5.52. The van der Waals surface area contributed by atoms with E-state index >= 15 is 0 Å². The van der Waals surface area contributed by atoms with Crippen LogP contribution in [0.25, 0.3) is 0 Å². The predicted octanol–water partition coefficient (Wildman–Crippen LogP) is 3.55. The molecule has 0 bridgehead atoms. The number of thioether (sulfide) groups is 2. The second-order valence-corrected chi connectivity index (χ2v) is 7.98. The van der Waals surface area contributed by atoms with Gasteiger partial charge in [0.2, 0.25) is 0 Å². The van der Waals surface area contributed by atoms with Crippen LogP contribution in [0.4, 0.5) is 0 Å². The Bertz CT molecular complexity index is 422. The van der Waals surface area contributed by atoms with Gasteiger partial charge >= 0.3 is 0 Å². The molecule has 1 saturated heterocycles. The van der Waals surface area contributed by atoms with E-state index in [9.17, 15) is 0 Å². The van der Waals surface area contributed by atoms with Crippen molar-refractivity contribution in [3.05, 3.63) is 22.8 Å². The van der Waals surface area contributed by atoms with Gasteiger partial charge in [-0.25, -0.2) is 9.97 Å². The van der Waals surface area contributed by atoms with Gasteiger partial charge in [-0.05, 0) is 51.8 Å². The van der Waals surface area contributed by atoms with E-state index in [1.54, 1.807) is 0 Å². The highest BCUT2D eigenvalue weighted by molar-refractivity contribution is 8.06. The van der Waals surface area contributed by atoms with Gasteiger partial charge in [0.15, 0.2) is 0 Å². The third-order valence-electron chi connectivity index (χ3n) is 3.75. The SMILES string of the molecule is CCCNCCCc1c(C)nc(C2CSCCS2)nc1C. The average molecular weight is 326 g/mol. The molecule has 0 aliphatic carbocycles. The molecule has 5 heteroatoms. The lowest BCUT2D eigenvalue weighted by atomic mass is 10.1. The first-order valence-corrected chi connectivity index (χ1v) is 10.2. The molecule has 1 aliphatic heterocycles. The molecular weight excluding hydrogens is 298 g/mol. The number of nitrogens with zero attached hydrogens (tertiary/aromatic N) is 2. The van der Waals surface area contributed by atoms with Gasteiger partial charge in [-0.2, -0.15) is 11.8 Å². The summed E-state index contributed by atoms with van der Waals surface area (Å²) in [5.74, 6) is 4.70. The van der Waals surface area contributed by atoms with Gasteiger partial charge in [0.25, 0.3) is 0 Å². The fraction of sp³-hybridized carbons (Fsp3) is 0.750. The van der Waals surface area contributed by atoms with Crippen LogP contribution in [-0.2, 0) is 6.42 Å². The topological polar surface area (TPSA) is 37.8 Å². The first-order chi connectivity index (χ1) is 10.2. The van der Waals surface area contributed by atoms with Gasteiger partial charge < -0.3 is 5.32 Å². The lowest BCUT2D eigenvalue weighted by Crippen LogP contribution is -2.17. The van der Waals surface area contributed by atoms with Crippen LogP contribution in [0.1, 0.15) is 47.8 Å². The minimum absolute atomic E-state index is 0.487. The number of aromatic nitrogens is 2. The Hall–Kier alpha value is -0.260. The van der Waals surface area contributed by atoms with Gasteiger partial charge in [-0.1, -0.05) is 6.92 Å². The molecule has 1 aromatic rings. The highest BCUT2D eigenvalue weighted by Crippen LogP contribution is 2.35. The summed E-state index contributed by atoms with van der Waals surface area (Å²) >= 11 is 4.04. The van der Waals surface area contributed by atoms with Crippen molar-refractivity contribution in [3.63, 3.8) is 0 Å². The first-order valence-electron chi connectivity index (χ1n) is 7.96. The number of nitrogens with one attached hydrogen (secondary N) is 1. The van der Waals surface area contributed by atoms with Crippen molar-refractivity contribution >= 4 is 23.5 Å². The average Bonchev–Trinajstić information content (AvgIpc) is 2.50.